The number of likely N-dealkylation sites (N-methyl/N-ethyl adjacent to an activating group) is 1. The number of rotatable bonds is 6. The van der Waals surface area contributed by atoms with Crippen molar-refractivity contribution in [2.45, 2.75) is 70.9 Å². The summed E-state index contributed by atoms with van der Waals surface area (Å²) in [6.45, 7) is 6.73. The van der Waals surface area contributed by atoms with Crippen LogP contribution in [0, 0.1) is 11.8 Å². The molecule has 10 heteroatoms. The summed E-state index contributed by atoms with van der Waals surface area (Å²) in [6.07, 6.45) is -1.77. The third-order valence-corrected chi connectivity index (χ3v) is 7.73. The Bertz CT molecular complexity index is 1200. The van der Waals surface area contributed by atoms with Crippen molar-refractivity contribution in [1.29, 1.82) is 0 Å². The van der Waals surface area contributed by atoms with Crippen molar-refractivity contribution in [3.63, 3.8) is 0 Å². The maximum absolute atomic E-state index is 13.8. The number of aromatic hydroxyl groups is 1. The molecular weight excluding hydrogens is 514 g/mol. The van der Waals surface area contributed by atoms with Crippen LogP contribution in [-0.4, -0.2) is 76.2 Å². The van der Waals surface area contributed by atoms with Gasteiger partial charge in [0, 0.05) is 13.0 Å². The second kappa shape index (κ2) is 13.4. The van der Waals surface area contributed by atoms with Crippen LogP contribution in [0.3, 0.4) is 0 Å². The van der Waals surface area contributed by atoms with Gasteiger partial charge in [0.2, 0.25) is 5.91 Å². The highest BCUT2D eigenvalue weighted by Gasteiger charge is 2.42. The van der Waals surface area contributed by atoms with Gasteiger partial charge in [-0.25, -0.2) is 0 Å². The van der Waals surface area contributed by atoms with Crippen LogP contribution in [0.15, 0.2) is 54.6 Å². The van der Waals surface area contributed by atoms with Crippen LogP contribution in [0.5, 0.6) is 5.75 Å². The molecule has 3 amide bonds. The number of nitrogens with zero attached hydrogens (tertiary/aromatic N) is 1. The number of carbonyl (C=O) groups excluding carboxylic acids is 4. The molecule has 1 fully saturated rings. The Hall–Kier alpha value is -3.92. The molecular formula is C30H39N3O7. The van der Waals surface area contributed by atoms with E-state index in [9.17, 15) is 29.4 Å². The van der Waals surface area contributed by atoms with Gasteiger partial charge in [0.05, 0.1) is 29.7 Å². The largest absolute Gasteiger partial charge is 0.507 e. The van der Waals surface area contributed by atoms with Gasteiger partial charge >= 0.3 is 5.97 Å². The van der Waals surface area contributed by atoms with Crippen LogP contribution in [0.4, 0.5) is 0 Å². The second-order valence-corrected chi connectivity index (χ2v) is 10.5. The molecule has 0 saturated carbocycles. The van der Waals surface area contributed by atoms with E-state index in [0.717, 1.165) is 5.56 Å². The summed E-state index contributed by atoms with van der Waals surface area (Å²) in [5, 5.41) is 27.0. The van der Waals surface area contributed by atoms with Crippen LogP contribution in [0.2, 0.25) is 0 Å². The highest BCUT2D eigenvalue weighted by molar-refractivity contribution is 6.00. The number of carbonyl (C=O) groups is 4. The number of aliphatic hydroxyl groups is 1. The first-order chi connectivity index (χ1) is 19.0. The molecule has 4 N–H and O–H groups in total. The first kappa shape index (κ1) is 30.6. The van der Waals surface area contributed by atoms with Crippen LogP contribution in [-0.2, 0) is 25.5 Å². The van der Waals surface area contributed by atoms with Gasteiger partial charge in [0.15, 0.2) is 6.10 Å². The van der Waals surface area contributed by atoms with Crippen molar-refractivity contribution in [3.8, 4) is 5.75 Å². The molecule has 0 aliphatic carbocycles. The van der Waals surface area contributed by atoms with Gasteiger partial charge in [-0.3, -0.25) is 19.2 Å². The first-order valence-corrected chi connectivity index (χ1v) is 13.5. The molecule has 0 bridgehead atoms. The summed E-state index contributed by atoms with van der Waals surface area (Å²) >= 11 is 0. The number of hydrogen-bond acceptors (Lipinski definition) is 7. The Morgan fingerprint density at radius 3 is 2.33 bits per heavy atom. The lowest BCUT2D eigenvalue weighted by molar-refractivity contribution is -0.171. The van der Waals surface area contributed by atoms with Crippen molar-refractivity contribution in [3.05, 3.63) is 65.7 Å². The Morgan fingerprint density at radius 2 is 1.70 bits per heavy atom. The monoisotopic (exact) mass is 553 g/mol. The third-order valence-electron chi connectivity index (χ3n) is 7.73. The minimum absolute atomic E-state index is 0.0384. The molecule has 10 nitrogen and oxygen atoms in total. The molecule has 1 aliphatic heterocycles. The fraction of sp³-hybridized carbons (Fsp3) is 0.467. The number of cyclic esters (lactones) is 1. The van der Waals surface area contributed by atoms with E-state index in [1.54, 1.807) is 26.0 Å². The van der Waals surface area contributed by atoms with E-state index in [1.165, 1.54) is 31.0 Å². The summed E-state index contributed by atoms with van der Waals surface area (Å²) < 4.78 is 5.69. The van der Waals surface area contributed by atoms with Crippen molar-refractivity contribution in [2.24, 2.45) is 11.8 Å². The smallest absolute Gasteiger partial charge is 0.312 e. The number of amides is 3. The van der Waals surface area contributed by atoms with Crippen LogP contribution in [0.25, 0.3) is 0 Å². The lowest BCUT2D eigenvalue weighted by Crippen LogP contribution is -2.63. The lowest BCUT2D eigenvalue weighted by atomic mass is 9.91. The first-order valence-electron chi connectivity index (χ1n) is 13.5. The van der Waals surface area contributed by atoms with Gasteiger partial charge in [-0.05, 0) is 44.4 Å². The summed E-state index contributed by atoms with van der Waals surface area (Å²) in [5.41, 5.74) is 0.774. The summed E-state index contributed by atoms with van der Waals surface area (Å²) in [7, 11) is 1.48. The molecule has 0 aromatic heterocycles. The summed E-state index contributed by atoms with van der Waals surface area (Å²) in [5.74, 6) is -4.32. The van der Waals surface area contributed by atoms with Crippen molar-refractivity contribution in [2.75, 3.05) is 7.05 Å². The van der Waals surface area contributed by atoms with E-state index in [0.29, 0.717) is 6.42 Å². The van der Waals surface area contributed by atoms with E-state index in [2.05, 4.69) is 10.6 Å². The van der Waals surface area contributed by atoms with Crippen molar-refractivity contribution < 1.29 is 34.1 Å². The fourth-order valence-corrected chi connectivity index (χ4v) is 4.66. The third kappa shape index (κ3) is 6.98. The number of phenolic OH excluding ortho intramolecular Hbond substituents is 1. The van der Waals surface area contributed by atoms with E-state index in [-0.39, 0.29) is 23.7 Å². The normalized spacial score (nSPS) is 27.1. The maximum Gasteiger partial charge on any atom is 0.312 e. The molecule has 216 valence electrons. The minimum Gasteiger partial charge on any atom is -0.507 e. The number of esters is 1. The zero-order chi connectivity index (χ0) is 29.6. The molecule has 3 rings (SSSR count). The van der Waals surface area contributed by atoms with Crippen LogP contribution in [0.1, 0.15) is 50.0 Å². The highest BCUT2D eigenvalue weighted by Crippen LogP contribution is 2.23. The van der Waals surface area contributed by atoms with Gasteiger partial charge in [0.1, 0.15) is 11.8 Å². The molecule has 2 unspecified atom stereocenters. The van der Waals surface area contributed by atoms with E-state index >= 15 is 0 Å². The zero-order valence-corrected chi connectivity index (χ0v) is 23.5. The molecule has 2 aromatic carbocycles. The Morgan fingerprint density at radius 1 is 1.07 bits per heavy atom. The number of aliphatic hydroxyl groups excluding tert-OH is 1. The number of nitrogens with one attached hydrogen (secondary N) is 2. The maximum atomic E-state index is 13.8. The van der Waals surface area contributed by atoms with Crippen molar-refractivity contribution in [1.82, 2.24) is 15.5 Å². The van der Waals surface area contributed by atoms with E-state index < -0.39 is 59.9 Å². The average Bonchev–Trinajstić information content (AvgIpc) is 2.95. The molecule has 40 heavy (non-hydrogen) atoms. The van der Waals surface area contributed by atoms with Gasteiger partial charge in [-0.15, -0.1) is 0 Å². The van der Waals surface area contributed by atoms with E-state index in [4.69, 9.17) is 4.74 Å². The van der Waals surface area contributed by atoms with Crippen molar-refractivity contribution >= 4 is 23.7 Å². The number of hydrogen-bond donors (Lipinski definition) is 4. The highest BCUT2D eigenvalue weighted by atomic mass is 16.6. The number of phenols is 1. The molecule has 1 heterocycles. The number of benzene rings is 2. The molecule has 1 saturated heterocycles. The molecule has 7 atom stereocenters. The van der Waals surface area contributed by atoms with Crippen LogP contribution < -0.4 is 10.6 Å². The van der Waals surface area contributed by atoms with Gasteiger partial charge in [0.25, 0.3) is 11.8 Å². The molecule has 2 aromatic rings. The average molecular weight is 554 g/mol. The SMILES string of the molecule is CCC(C)C1OC(=O)[C@H](C)[C@H](O)[C@H](Cc2ccccc2)NC(=O)[C@@H](NC(=O)c2ccccc2O)[C@@H](C)N(C)C1=O. The van der Waals surface area contributed by atoms with Crippen LogP contribution >= 0.6 is 0 Å². The fourth-order valence-electron chi connectivity index (χ4n) is 4.66. The Labute approximate surface area is 234 Å². The standard InChI is InChI=1S/C30H39N3O7/c1-6-17(2)26-29(38)33(5)19(4)24(32-27(36)21-14-10-11-15-23(21)34)28(37)31-22(16-20-12-8-7-9-13-20)25(35)18(3)30(39)40-26/h7-15,17-19,22,24-26,34-35H,6,16H2,1-5H3,(H,31,37)(H,32,36)/t17?,18-,19-,22+,24+,25+,26?/m1/s1. The molecule has 0 spiro atoms. The quantitative estimate of drug-likeness (QED) is 0.401. The Kier molecular flexibility index (Phi) is 10.3. The number of ether oxygens (including phenoxy) is 1. The van der Waals surface area contributed by atoms with Gasteiger partial charge < -0.3 is 30.5 Å². The van der Waals surface area contributed by atoms with Gasteiger partial charge in [-0.2, -0.15) is 0 Å². The molecule has 1 aliphatic rings. The zero-order valence-electron chi connectivity index (χ0n) is 23.5. The molecule has 0 radical (unpaired) electrons. The van der Waals surface area contributed by atoms with Gasteiger partial charge in [-0.1, -0.05) is 56.3 Å². The van der Waals surface area contributed by atoms with E-state index in [1.807, 2.05) is 37.3 Å². The number of para-hydroxylation sites is 1. The predicted octanol–water partition coefficient (Wildman–Crippen LogP) is 2.03. The summed E-state index contributed by atoms with van der Waals surface area (Å²) in [4.78, 5) is 55.0. The second-order valence-electron chi connectivity index (χ2n) is 10.5. The predicted molar refractivity (Wildman–Crippen MR) is 148 cm³/mol. The topological polar surface area (TPSA) is 145 Å². The Balaban J connectivity index is 2.05. The minimum atomic E-state index is -1.36. The summed E-state index contributed by atoms with van der Waals surface area (Å²) in [6, 6.07) is 12.0. The lowest BCUT2D eigenvalue weighted by Gasteiger charge is -2.38.